The van der Waals surface area contributed by atoms with E-state index < -0.39 is 29.7 Å². The van der Waals surface area contributed by atoms with Gasteiger partial charge < -0.3 is 14.6 Å². The Morgan fingerprint density at radius 2 is 1.90 bits per heavy atom. The molecular formula is C24H30FNO4. The summed E-state index contributed by atoms with van der Waals surface area (Å²) < 4.78 is 24.6. The topological polar surface area (TPSA) is 59.0 Å². The fraction of sp³-hybridized carbons (Fsp3) is 0.458. The number of hydrogen-bond donors (Lipinski definition) is 1. The Balaban J connectivity index is 1.85. The van der Waals surface area contributed by atoms with Crippen molar-refractivity contribution in [3.8, 4) is 5.75 Å². The molecule has 6 heteroatoms. The van der Waals surface area contributed by atoms with Crippen molar-refractivity contribution in [2.75, 3.05) is 7.11 Å². The zero-order valence-electron chi connectivity index (χ0n) is 18.0. The van der Waals surface area contributed by atoms with Gasteiger partial charge in [-0.05, 0) is 75.4 Å². The van der Waals surface area contributed by atoms with Gasteiger partial charge in [-0.3, -0.25) is 4.90 Å². The van der Waals surface area contributed by atoms with E-state index in [1.165, 1.54) is 12.1 Å². The number of amides is 1. The van der Waals surface area contributed by atoms with E-state index in [1.54, 1.807) is 24.1 Å². The third-order valence-corrected chi connectivity index (χ3v) is 5.34. The van der Waals surface area contributed by atoms with E-state index in [0.29, 0.717) is 18.4 Å². The molecule has 1 aliphatic rings. The molecular weight excluding hydrogens is 385 g/mol. The lowest BCUT2D eigenvalue weighted by Gasteiger charge is -2.35. The summed E-state index contributed by atoms with van der Waals surface area (Å²) in [5.74, 6) is 0.358. The number of aliphatic hydroxyl groups excluding tert-OH is 1. The second-order valence-electron chi connectivity index (χ2n) is 8.74. The van der Waals surface area contributed by atoms with Gasteiger partial charge >= 0.3 is 6.09 Å². The number of likely N-dealkylation sites (tertiary alicyclic amines) is 1. The second-order valence-corrected chi connectivity index (χ2v) is 8.74. The van der Waals surface area contributed by atoms with Crippen LogP contribution >= 0.6 is 0 Å². The molecule has 2 aromatic carbocycles. The number of nitrogens with zero attached hydrogens (tertiary/aromatic N) is 1. The highest BCUT2D eigenvalue weighted by Gasteiger charge is 2.42. The first-order valence-corrected chi connectivity index (χ1v) is 10.3. The fourth-order valence-corrected chi connectivity index (χ4v) is 3.97. The minimum atomic E-state index is -0.992. The van der Waals surface area contributed by atoms with Gasteiger partial charge in [0.1, 0.15) is 17.2 Å². The van der Waals surface area contributed by atoms with E-state index in [-0.39, 0.29) is 6.04 Å². The largest absolute Gasteiger partial charge is 0.497 e. The molecule has 0 saturated carbocycles. The summed E-state index contributed by atoms with van der Waals surface area (Å²) in [6.45, 7) is 5.45. The monoisotopic (exact) mass is 415 g/mol. The maximum atomic E-state index is 13.7. The average molecular weight is 416 g/mol. The summed E-state index contributed by atoms with van der Waals surface area (Å²) in [5, 5.41) is 11.0. The number of aliphatic hydroxyl groups is 1. The molecule has 2 aromatic rings. The number of ether oxygens (including phenoxy) is 2. The van der Waals surface area contributed by atoms with Crippen LogP contribution < -0.4 is 4.74 Å². The van der Waals surface area contributed by atoms with E-state index in [2.05, 4.69) is 0 Å². The third-order valence-electron chi connectivity index (χ3n) is 5.34. The van der Waals surface area contributed by atoms with Crippen molar-refractivity contribution in [1.29, 1.82) is 0 Å². The van der Waals surface area contributed by atoms with Gasteiger partial charge in [-0.2, -0.15) is 0 Å². The van der Waals surface area contributed by atoms with Crippen molar-refractivity contribution in [1.82, 2.24) is 4.90 Å². The Kier molecular flexibility index (Phi) is 6.66. The molecule has 0 spiro atoms. The van der Waals surface area contributed by atoms with Crippen molar-refractivity contribution in [2.24, 2.45) is 0 Å². The lowest BCUT2D eigenvalue weighted by Crippen LogP contribution is -2.47. The van der Waals surface area contributed by atoms with Crippen LogP contribution in [0.3, 0.4) is 0 Å². The highest BCUT2D eigenvalue weighted by molar-refractivity contribution is 5.69. The Bertz CT molecular complexity index is 862. The van der Waals surface area contributed by atoms with Crippen LogP contribution in [0.1, 0.15) is 50.8 Å². The van der Waals surface area contributed by atoms with Crippen molar-refractivity contribution in [3.05, 3.63) is 65.5 Å². The molecule has 1 saturated heterocycles. The number of methoxy groups -OCH3 is 1. The van der Waals surface area contributed by atoms with Crippen molar-refractivity contribution in [3.63, 3.8) is 0 Å². The molecule has 0 bridgehead atoms. The molecule has 3 atom stereocenters. The summed E-state index contributed by atoms with van der Waals surface area (Å²) in [7, 11) is 1.62. The zero-order valence-corrected chi connectivity index (χ0v) is 18.0. The number of hydrogen-bond acceptors (Lipinski definition) is 4. The van der Waals surface area contributed by atoms with E-state index in [0.717, 1.165) is 17.7 Å². The first-order chi connectivity index (χ1) is 14.2. The van der Waals surface area contributed by atoms with E-state index in [4.69, 9.17) is 9.47 Å². The number of carbonyl (C=O) groups excluding carboxylic acids is 1. The number of carbonyl (C=O) groups is 1. The summed E-state index contributed by atoms with van der Waals surface area (Å²) in [6.07, 6.45) is 0.517. The molecule has 3 rings (SSSR count). The minimum absolute atomic E-state index is 0.124. The number of benzene rings is 2. The van der Waals surface area contributed by atoms with Gasteiger partial charge in [0.05, 0.1) is 19.3 Å². The van der Waals surface area contributed by atoms with E-state index >= 15 is 0 Å². The SMILES string of the molecule is COc1ccc(C[C@@H]2CC[C@H]([C@@H](O)c3cccc(F)c3)N2C(=O)OC(C)(C)C)cc1. The summed E-state index contributed by atoms with van der Waals surface area (Å²) in [4.78, 5) is 14.7. The molecule has 0 aromatic heterocycles. The lowest BCUT2D eigenvalue weighted by molar-refractivity contribution is -0.00456. The molecule has 5 nitrogen and oxygen atoms in total. The molecule has 1 aliphatic heterocycles. The summed E-state index contributed by atoms with van der Waals surface area (Å²) in [5.41, 5.74) is 0.868. The normalized spacial score (nSPS) is 20.1. The maximum Gasteiger partial charge on any atom is 0.410 e. The van der Waals surface area contributed by atoms with Gasteiger partial charge in [-0.25, -0.2) is 9.18 Å². The van der Waals surface area contributed by atoms with Gasteiger partial charge in [-0.15, -0.1) is 0 Å². The Hall–Kier alpha value is -2.60. The minimum Gasteiger partial charge on any atom is -0.497 e. The van der Waals surface area contributed by atoms with Crippen LogP contribution in [0.4, 0.5) is 9.18 Å². The van der Waals surface area contributed by atoms with Gasteiger partial charge in [0.25, 0.3) is 0 Å². The lowest BCUT2D eigenvalue weighted by atomic mass is 10.0. The van der Waals surface area contributed by atoms with Crippen LogP contribution in [0.5, 0.6) is 5.75 Å². The standard InChI is InChI=1S/C24H30FNO4/c1-24(2,3)30-23(28)26-19(14-16-8-11-20(29-4)12-9-16)10-13-21(26)22(27)17-6-5-7-18(25)15-17/h5-9,11-12,15,19,21-22,27H,10,13-14H2,1-4H3/t19-,21+,22-/m0/s1. The molecule has 0 aliphatic carbocycles. The Morgan fingerprint density at radius 3 is 2.50 bits per heavy atom. The molecule has 0 unspecified atom stereocenters. The van der Waals surface area contributed by atoms with Gasteiger partial charge in [0.2, 0.25) is 0 Å². The van der Waals surface area contributed by atoms with Crippen LogP contribution in [0.2, 0.25) is 0 Å². The molecule has 1 N–H and O–H groups in total. The predicted octanol–water partition coefficient (Wildman–Crippen LogP) is 4.88. The fourth-order valence-electron chi connectivity index (χ4n) is 3.97. The van der Waals surface area contributed by atoms with Gasteiger partial charge in [0, 0.05) is 6.04 Å². The number of halogens is 1. The zero-order chi connectivity index (χ0) is 21.9. The van der Waals surface area contributed by atoms with Crippen LogP contribution in [0, 0.1) is 5.82 Å². The number of rotatable bonds is 5. The van der Waals surface area contributed by atoms with Crippen molar-refractivity contribution in [2.45, 2.75) is 63.8 Å². The van der Waals surface area contributed by atoms with E-state index in [9.17, 15) is 14.3 Å². The van der Waals surface area contributed by atoms with Crippen LogP contribution in [-0.2, 0) is 11.2 Å². The maximum absolute atomic E-state index is 13.7. The molecule has 1 fully saturated rings. The van der Waals surface area contributed by atoms with Gasteiger partial charge in [0.15, 0.2) is 0 Å². The van der Waals surface area contributed by atoms with Crippen LogP contribution in [0.15, 0.2) is 48.5 Å². The van der Waals surface area contributed by atoms with Crippen LogP contribution in [0.25, 0.3) is 0 Å². The van der Waals surface area contributed by atoms with Crippen molar-refractivity contribution >= 4 is 6.09 Å². The summed E-state index contributed by atoms with van der Waals surface area (Å²) in [6, 6.07) is 13.0. The predicted molar refractivity (Wildman–Crippen MR) is 113 cm³/mol. The molecule has 30 heavy (non-hydrogen) atoms. The molecule has 1 heterocycles. The van der Waals surface area contributed by atoms with E-state index in [1.807, 2.05) is 45.0 Å². The summed E-state index contributed by atoms with van der Waals surface area (Å²) >= 11 is 0. The highest BCUT2D eigenvalue weighted by Crippen LogP contribution is 2.36. The first-order valence-electron chi connectivity index (χ1n) is 10.3. The third kappa shape index (κ3) is 5.30. The Morgan fingerprint density at radius 1 is 1.20 bits per heavy atom. The smallest absolute Gasteiger partial charge is 0.410 e. The second kappa shape index (κ2) is 9.04. The highest BCUT2D eigenvalue weighted by atomic mass is 19.1. The molecule has 1 amide bonds. The first kappa shape index (κ1) is 22.1. The quantitative estimate of drug-likeness (QED) is 0.756. The van der Waals surface area contributed by atoms with Crippen LogP contribution in [-0.4, -0.2) is 40.9 Å². The molecule has 162 valence electrons. The van der Waals surface area contributed by atoms with Crippen molar-refractivity contribution < 1.29 is 23.8 Å². The Labute approximate surface area is 177 Å². The van der Waals surface area contributed by atoms with Gasteiger partial charge in [-0.1, -0.05) is 24.3 Å². The molecule has 0 radical (unpaired) electrons. The average Bonchev–Trinajstić information content (AvgIpc) is 3.10.